The number of Topliss-reactive ketones (excluding diaryl/α,β-unsaturated/α-hetero) is 2. The Labute approximate surface area is 268 Å². The van der Waals surface area contributed by atoms with Gasteiger partial charge in [-0.15, -0.1) is 0 Å². The molecule has 0 saturated carbocycles. The van der Waals surface area contributed by atoms with Gasteiger partial charge in [-0.3, -0.25) is 24.0 Å². The van der Waals surface area contributed by atoms with Crippen molar-refractivity contribution in [1.29, 1.82) is 0 Å². The van der Waals surface area contributed by atoms with E-state index in [0.29, 0.717) is 12.8 Å². The number of carbonyl (C=O) groups is 5. The Morgan fingerprint density at radius 3 is 2.39 bits per heavy atom. The van der Waals surface area contributed by atoms with E-state index in [1.165, 1.54) is 20.1 Å². The number of phenols is 1. The third kappa shape index (κ3) is 6.84. The molecule has 1 amide bonds. The first-order valence-electron chi connectivity index (χ1n) is 15.4. The lowest BCUT2D eigenvalue weighted by molar-refractivity contribution is -0.156. The maximum Gasteiger partial charge on any atom is 0.304 e. The van der Waals surface area contributed by atoms with E-state index in [1.54, 1.807) is 25.2 Å². The zero-order chi connectivity index (χ0) is 34.0. The fraction of sp³-hybridized carbons (Fsp3) is 0.457. The van der Waals surface area contributed by atoms with Crippen molar-refractivity contribution in [3.63, 3.8) is 0 Å². The van der Waals surface area contributed by atoms with Gasteiger partial charge in [0, 0.05) is 30.1 Å². The summed E-state index contributed by atoms with van der Waals surface area (Å²) in [6.07, 6.45) is 7.08. The minimum atomic E-state index is -1.49. The number of esters is 1. The number of aliphatic hydroxyl groups is 1. The Morgan fingerprint density at radius 1 is 1.02 bits per heavy atom. The van der Waals surface area contributed by atoms with E-state index in [0.717, 1.165) is 6.08 Å². The molecule has 0 spiro atoms. The molecule has 0 saturated heterocycles. The number of allylic oxidation sites excluding steroid dienone is 6. The quantitative estimate of drug-likeness (QED) is 0.370. The molecule has 3 N–H and O–H groups in total. The first kappa shape index (κ1) is 34.4. The molecule has 5 unspecified atom stereocenters. The Kier molecular flexibility index (Phi) is 10.4. The van der Waals surface area contributed by atoms with Crippen molar-refractivity contribution in [3.8, 4) is 11.5 Å². The molecule has 11 heteroatoms. The van der Waals surface area contributed by atoms with Gasteiger partial charge < -0.3 is 29.7 Å². The van der Waals surface area contributed by atoms with Crippen LogP contribution in [0.15, 0.2) is 47.9 Å². The van der Waals surface area contributed by atoms with Crippen LogP contribution >= 0.6 is 0 Å². The Hall–Kier alpha value is -4.51. The molecule has 5 rings (SSSR count). The summed E-state index contributed by atoms with van der Waals surface area (Å²) in [5.74, 6) is -4.80. The van der Waals surface area contributed by atoms with Crippen molar-refractivity contribution in [2.45, 2.75) is 79.8 Å². The third-order valence-corrected chi connectivity index (χ3v) is 8.78. The summed E-state index contributed by atoms with van der Waals surface area (Å²) in [7, 11) is 0. The fourth-order valence-electron chi connectivity index (χ4n) is 6.22. The molecule has 0 aromatic heterocycles. The van der Waals surface area contributed by atoms with Crippen LogP contribution in [0.3, 0.4) is 0 Å². The van der Waals surface area contributed by atoms with Crippen LogP contribution in [0.1, 0.15) is 91.0 Å². The van der Waals surface area contributed by atoms with E-state index in [4.69, 9.17) is 14.2 Å². The van der Waals surface area contributed by atoms with E-state index < -0.39 is 65.0 Å². The van der Waals surface area contributed by atoms with Gasteiger partial charge in [0.1, 0.15) is 17.6 Å². The molecular weight excluding hydrogens is 594 g/mol. The molecule has 1 aromatic rings. The van der Waals surface area contributed by atoms with Gasteiger partial charge in [0.2, 0.25) is 11.6 Å². The summed E-state index contributed by atoms with van der Waals surface area (Å²) in [5, 5.41) is 24.6. The number of amides is 1. The molecule has 46 heavy (non-hydrogen) atoms. The average molecular weight is 636 g/mol. The molecule has 3 aliphatic heterocycles. The molecule has 0 radical (unpaired) electrons. The van der Waals surface area contributed by atoms with E-state index in [2.05, 4.69) is 5.32 Å². The van der Waals surface area contributed by atoms with Gasteiger partial charge in [0.05, 0.1) is 34.8 Å². The highest BCUT2D eigenvalue weighted by molar-refractivity contribution is 6.30. The lowest BCUT2D eigenvalue weighted by Gasteiger charge is -2.34. The van der Waals surface area contributed by atoms with Crippen LogP contribution in [-0.2, 0) is 19.1 Å². The highest BCUT2D eigenvalue weighted by Gasteiger charge is 2.44. The van der Waals surface area contributed by atoms with Crippen LogP contribution < -0.4 is 10.1 Å². The van der Waals surface area contributed by atoms with Gasteiger partial charge in [-0.1, -0.05) is 45.9 Å². The SMILES string of the molecule is CC(=O)OC1C(C)C/C=C/OC2Oc3c(C)c(O)c4c(c3C2=O)C(=O)C=C(NC(=O)/C(C)=C\C=C\C(C)C[C@@H](C)C(O)[C@H]1C)C4=O. The fourth-order valence-corrected chi connectivity index (χ4v) is 6.22. The van der Waals surface area contributed by atoms with Crippen LogP contribution in [-0.4, -0.2) is 57.9 Å². The number of phenolic OH excluding ortho intramolecular Hbond substituents is 1. The second-order valence-electron chi connectivity index (χ2n) is 12.5. The third-order valence-electron chi connectivity index (χ3n) is 8.78. The lowest BCUT2D eigenvalue weighted by atomic mass is 9.80. The zero-order valence-electron chi connectivity index (χ0n) is 27.1. The molecular formula is C35H41NO10. The predicted molar refractivity (Wildman–Crippen MR) is 167 cm³/mol. The number of aliphatic hydroxyl groups excluding tert-OH is 1. The Bertz CT molecular complexity index is 1580. The smallest absolute Gasteiger partial charge is 0.304 e. The van der Waals surface area contributed by atoms with E-state index >= 15 is 0 Å². The number of aromatic hydroxyl groups is 1. The number of rotatable bonds is 1. The Morgan fingerprint density at radius 2 is 1.72 bits per heavy atom. The number of benzene rings is 1. The van der Waals surface area contributed by atoms with Crippen LogP contribution in [0, 0.1) is 30.6 Å². The van der Waals surface area contributed by atoms with E-state index in [1.807, 2.05) is 33.8 Å². The molecule has 0 fully saturated rings. The minimum Gasteiger partial charge on any atom is -0.507 e. The number of hydrogen-bond acceptors (Lipinski definition) is 10. The maximum absolute atomic E-state index is 13.5. The van der Waals surface area contributed by atoms with Crippen molar-refractivity contribution in [2.75, 3.05) is 0 Å². The highest BCUT2D eigenvalue weighted by Crippen LogP contribution is 2.45. The number of hydrogen-bond donors (Lipinski definition) is 3. The predicted octanol–water partition coefficient (Wildman–Crippen LogP) is 4.64. The maximum atomic E-state index is 13.5. The topological polar surface area (TPSA) is 166 Å². The van der Waals surface area contributed by atoms with Gasteiger partial charge in [0.25, 0.3) is 5.91 Å². The first-order valence-corrected chi connectivity index (χ1v) is 15.4. The number of nitrogens with one attached hydrogen (secondary N) is 1. The van der Waals surface area contributed by atoms with Crippen molar-refractivity contribution < 1.29 is 48.4 Å². The van der Waals surface area contributed by atoms with Gasteiger partial charge >= 0.3 is 12.3 Å². The number of ether oxygens (including phenoxy) is 3. The molecule has 11 nitrogen and oxygen atoms in total. The molecule has 3 heterocycles. The summed E-state index contributed by atoms with van der Waals surface area (Å²) < 4.78 is 17.0. The second kappa shape index (κ2) is 13.9. The lowest BCUT2D eigenvalue weighted by Crippen LogP contribution is -2.40. The normalized spacial score (nSPS) is 31.5. The van der Waals surface area contributed by atoms with Crippen molar-refractivity contribution in [3.05, 3.63) is 70.2 Å². The summed E-state index contributed by atoms with van der Waals surface area (Å²) >= 11 is 0. The number of fused-ring (bicyclic) bond motifs is 14. The summed E-state index contributed by atoms with van der Waals surface area (Å²) in [4.78, 5) is 65.1. The monoisotopic (exact) mass is 635 g/mol. The number of carbonyl (C=O) groups excluding carboxylic acids is 5. The van der Waals surface area contributed by atoms with Crippen LogP contribution in [0.4, 0.5) is 0 Å². The summed E-state index contributed by atoms with van der Waals surface area (Å²) in [6, 6.07) is 0. The molecule has 7 atom stereocenters. The summed E-state index contributed by atoms with van der Waals surface area (Å²) in [5.41, 5.74) is -0.931. The van der Waals surface area contributed by atoms with Crippen molar-refractivity contribution >= 4 is 29.2 Å². The van der Waals surface area contributed by atoms with Crippen LogP contribution in [0.5, 0.6) is 11.5 Å². The van der Waals surface area contributed by atoms with Gasteiger partial charge in [-0.05, 0) is 50.5 Å². The Balaban J connectivity index is 1.73. The first-order chi connectivity index (χ1) is 21.6. The standard InChI is InChI=1S/C35H41NO10/c1-16-10-8-11-18(3)34(43)36-23-15-24(38)25-26(30(23)41)29(40)21(6)33-27(25)31(42)35(46-33)44-13-9-12-17(2)32(45-22(7)37)20(5)28(39)19(4)14-16/h8-11,13,15-17,19-20,28,32,35,39-40H,12,14H2,1-7H3,(H,36,43)/b10-8+,13-9+,18-11-/t16?,17?,19-,20-,28?,32?,35?/m1/s1. The largest absolute Gasteiger partial charge is 0.507 e. The molecule has 1 aliphatic carbocycles. The highest BCUT2D eigenvalue weighted by atomic mass is 16.7. The van der Waals surface area contributed by atoms with Crippen LogP contribution in [0.2, 0.25) is 0 Å². The van der Waals surface area contributed by atoms with Gasteiger partial charge in [-0.25, -0.2) is 0 Å². The van der Waals surface area contributed by atoms with E-state index in [9.17, 15) is 34.2 Å². The van der Waals surface area contributed by atoms with Crippen molar-refractivity contribution in [2.24, 2.45) is 23.7 Å². The minimum absolute atomic E-state index is 0.0218. The molecule has 246 valence electrons. The average Bonchev–Trinajstić information content (AvgIpc) is 3.32. The molecule has 1 aromatic carbocycles. The van der Waals surface area contributed by atoms with E-state index in [-0.39, 0.29) is 51.5 Å². The van der Waals surface area contributed by atoms with Gasteiger partial charge in [0.15, 0.2) is 5.78 Å². The van der Waals surface area contributed by atoms with Gasteiger partial charge in [-0.2, -0.15) is 0 Å². The van der Waals surface area contributed by atoms with Crippen LogP contribution in [0.25, 0.3) is 0 Å². The zero-order valence-corrected chi connectivity index (χ0v) is 27.1. The van der Waals surface area contributed by atoms with Crippen molar-refractivity contribution in [1.82, 2.24) is 5.32 Å². The molecule has 5 bridgehead atoms. The molecule has 4 aliphatic rings. The number of ketones is 3. The summed E-state index contributed by atoms with van der Waals surface area (Å²) in [6.45, 7) is 11.9. The second-order valence-corrected chi connectivity index (χ2v) is 12.5.